The van der Waals surface area contributed by atoms with Crippen LogP contribution in [0, 0.1) is 5.92 Å². The maximum atomic E-state index is 12.0. The molecule has 0 aromatic carbocycles. The Morgan fingerprint density at radius 3 is 2.53 bits per heavy atom. The molecule has 1 aliphatic rings. The van der Waals surface area contributed by atoms with Crippen molar-refractivity contribution in [3.63, 3.8) is 0 Å². The van der Waals surface area contributed by atoms with Gasteiger partial charge in [-0.15, -0.1) is 0 Å². The first-order chi connectivity index (χ1) is 7.71. The summed E-state index contributed by atoms with van der Waals surface area (Å²) in [6.45, 7) is 8.09. The van der Waals surface area contributed by atoms with Crippen molar-refractivity contribution in [2.75, 3.05) is 26.7 Å². The third-order valence-corrected chi connectivity index (χ3v) is 4.60. The molecule has 0 saturated carbocycles. The van der Waals surface area contributed by atoms with Gasteiger partial charge in [-0.3, -0.25) is 0 Å². The van der Waals surface area contributed by atoms with E-state index in [0.29, 0.717) is 12.5 Å². The summed E-state index contributed by atoms with van der Waals surface area (Å²) in [6.07, 6.45) is 2.23. The second kappa shape index (κ2) is 5.65. The van der Waals surface area contributed by atoms with Crippen LogP contribution < -0.4 is 10.0 Å². The Balaban J connectivity index is 2.53. The fourth-order valence-corrected chi connectivity index (χ4v) is 3.34. The van der Waals surface area contributed by atoms with Crippen LogP contribution in [-0.2, 0) is 10.2 Å². The summed E-state index contributed by atoms with van der Waals surface area (Å²) >= 11 is 0. The number of nitrogens with one attached hydrogen (secondary N) is 2. The van der Waals surface area contributed by atoms with Crippen LogP contribution in [0.15, 0.2) is 0 Å². The third-order valence-electron chi connectivity index (χ3n) is 2.76. The van der Waals surface area contributed by atoms with Gasteiger partial charge in [-0.1, -0.05) is 0 Å². The van der Waals surface area contributed by atoms with Crippen LogP contribution in [-0.4, -0.2) is 44.9 Å². The summed E-state index contributed by atoms with van der Waals surface area (Å²) in [5.41, 5.74) is -0.433. The molecule has 102 valence electrons. The summed E-state index contributed by atoms with van der Waals surface area (Å²) in [5.74, 6) is 0.422. The minimum atomic E-state index is -3.36. The molecule has 0 aromatic rings. The van der Waals surface area contributed by atoms with Crippen LogP contribution in [0.3, 0.4) is 0 Å². The molecule has 1 atom stereocenters. The Bertz CT molecular complexity index is 329. The van der Waals surface area contributed by atoms with Crippen LogP contribution in [0.1, 0.15) is 33.6 Å². The molecule has 0 bridgehead atoms. The second-order valence-corrected chi connectivity index (χ2v) is 7.63. The normalized spacial score (nSPS) is 23.0. The van der Waals surface area contributed by atoms with Crippen molar-refractivity contribution in [3.05, 3.63) is 0 Å². The molecule has 0 radical (unpaired) electrons. The lowest BCUT2D eigenvalue weighted by Gasteiger charge is -2.29. The predicted molar refractivity (Wildman–Crippen MR) is 70.0 cm³/mol. The summed E-state index contributed by atoms with van der Waals surface area (Å²) in [6, 6.07) is 0. The fraction of sp³-hybridized carbons (Fsp3) is 1.00. The van der Waals surface area contributed by atoms with Crippen molar-refractivity contribution in [2.24, 2.45) is 5.92 Å². The first-order valence-corrected chi connectivity index (χ1v) is 7.61. The minimum Gasteiger partial charge on any atom is -0.316 e. The SMILES string of the molecule is CN(CC1CCCNC1)S(=O)(=O)NC(C)(C)C. The smallest absolute Gasteiger partial charge is 0.279 e. The zero-order valence-electron chi connectivity index (χ0n) is 11.3. The van der Waals surface area contributed by atoms with Gasteiger partial charge in [0.25, 0.3) is 10.2 Å². The molecule has 1 saturated heterocycles. The lowest BCUT2D eigenvalue weighted by molar-refractivity contribution is 0.309. The van der Waals surface area contributed by atoms with Crippen LogP contribution in [0.2, 0.25) is 0 Å². The van der Waals surface area contributed by atoms with E-state index in [4.69, 9.17) is 0 Å². The Labute approximate surface area is 105 Å². The molecule has 6 heteroatoms. The molecule has 1 rings (SSSR count). The molecule has 1 unspecified atom stereocenters. The average molecular weight is 263 g/mol. The standard InChI is InChI=1S/C11H25N3O2S/c1-11(2,3)13-17(15,16)14(4)9-10-6-5-7-12-8-10/h10,12-13H,5-9H2,1-4H3. The number of nitrogens with zero attached hydrogens (tertiary/aromatic N) is 1. The van der Waals surface area contributed by atoms with Crippen molar-refractivity contribution < 1.29 is 8.42 Å². The van der Waals surface area contributed by atoms with Gasteiger partial charge >= 0.3 is 0 Å². The lowest BCUT2D eigenvalue weighted by Crippen LogP contribution is -2.49. The van der Waals surface area contributed by atoms with E-state index in [0.717, 1.165) is 25.9 Å². The first-order valence-electron chi connectivity index (χ1n) is 6.17. The van der Waals surface area contributed by atoms with Crippen molar-refractivity contribution >= 4 is 10.2 Å². The van der Waals surface area contributed by atoms with Crippen LogP contribution in [0.25, 0.3) is 0 Å². The zero-order chi connectivity index (χ0) is 13.1. The topological polar surface area (TPSA) is 61.4 Å². The summed E-state index contributed by atoms with van der Waals surface area (Å²) in [4.78, 5) is 0. The van der Waals surface area contributed by atoms with Gasteiger partial charge in [0.2, 0.25) is 0 Å². The fourth-order valence-electron chi connectivity index (χ4n) is 2.01. The molecule has 0 aromatic heterocycles. The van der Waals surface area contributed by atoms with Gasteiger partial charge in [0.05, 0.1) is 0 Å². The molecule has 17 heavy (non-hydrogen) atoms. The molecule has 1 aliphatic heterocycles. The van der Waals surface area contributed by atoms with Crippen molar-refractivity contribution in [1.82, 2.24) is 14.3 Å². The number of piperidine rings is 1. The van der Waals surface area contributed by atoms with E-state index in [1.807, 2.05) is 20.8 Å². The Kier molecular flexibility index (Phi) is 4.95. The maximum absolute atomic E-state index is 12.0. The predicted octanol–water partition coefficient (Wildman–Crippen LogP) is 0.551. The van der Waals surface area contributed by atoms with Crippen molar-refractivity contribution in [3.8, 4) is 0 Å². The van der Waals surface area contributed by atoms with Crippen molar-refractivity contribution in [1.29, 1.82) is 0 Å². The quantitative estimate of drug-likeness (QED) is 0.779. The molecular formula is C11H25N3O2S. The maximum Gasteiger partial charge on any atom is 0.279 e. The molecule has 1 fully saturated rings. The van der Waals surface area contributed by atoms with Crippen molar-refractivity contribution in [2.45, 2.75) is 39.2 Å². The number of hydrogen-bond donors (Lipinski definition) is 2. The van der Waals surface area contributed by atoms with Gasteiger partial charge in [0.1, 0.15) is 0 Å². The molecule has 5 nitrogen and oxygen atoms in total. The molecule has 2 N–H and O–H groups in total. The summed E-state index contributed by atoms with van der Waals surface area (Å²) < 4.78 is 28.1. The molecule has 0 spiro atoms. The van der Waals surface area contributed by atoms with E-state index in [1.165, 1.54) is 4.31 Å². The second-order valence-electron chi connectivity index (χ2n) is 5.85. The average Bonchev–Trinajstić information content (AvgIpc) is 2.15. The highest BCUT2D eigenvalue weighted by Crippen LogP contribution is 2.13. The minimum absolute atomic E-state index is 0.422. The molecule has 1 heterocycles. The van der Waals surface area contributed by atoms with Gasteiger partial charge < -0.3 is 5.32 Å². The monoisotopic (exact) mass is 263 g/mol. The van der Waals surface area contributed by atoms with E-state index in [1.54, 1.807) is 7.05 Å². The highest BCUT2D eigenvalue weighted by atomic mass is 32.2. The Morgan fingerprint density at radius 1 is 1.41 bits per heavy atom. The van der Waals surface area contributed by atoms with E-state index in [9.17, 15) is 8.42 Å². The molecular weight excluding hydrogens is 238 g/mol. The van der Waals surface area contributed by atoms with Crippen LogP contribution >= 0.6 is 0 Å². The highest BCUT2D eigenvalue weighted by molar-refractivity contribution is 7.87. The molecule has 0 amide bonds. The van der Waals surface area contributed by atoms with E-state index in [-0.39, 0.29) is 0 Å². The number of rotatable bonds is 4. The van der Waals surface area contributed by atoms with Gasteiger partial charge in [0, 0.05) is 19.1 Å². The van der Waals surface area contributed by atoms with Crippen LogP contribution in [0.5, 0.6) is 0 Å². The van der Waals surface area contributed by atoms with Crippen LogP contribution in [0.4, 0.5) is 0 Å². The third kappa shape index (κ3) is 5.33. The van der Waals surface area contributed by atoms with E-state index in [2.05, 4.69) is 10.0 Å². The first kappa shape index (κ1) is 14.9. The highest BCUT2D eigenvalue weighted by Gasteiger charge is 2.26. The summed E-state index contributed by atoms with van der Waals surface area (Å²) in [5, 5.41) is 3.30. The van der Waals surface area contributed by atoms with Gasteiger partial charge in [0.15, 0.2) is 0 Å². The Hall–Kier alpha value is -0.170. The largest absolute Gasteiger partial charge is 0.316 e. The Morgan fingerprint density at radius 2 is 2.06 bits per heavy atom. The van der Waals surface area contributed by atoms with Gasteiger partial charge in [-0.25, -0.2) is 0 Å². The molecule has 0 aliphatic carbocycles. The van der Waals surface area contributed by atoms with Gasteiger partial charge in [-0.2, -0.15) is 17.4 Å². The lowest BCUT2D eigenvalue weighted by atomic mass is 10.00. The van der Waals surface area contributed by atoms with E-state index >= 15 is 0 Å². The number of hydrogen-bond acceptors (Lipinski definition) is 3. The summed E-state index contributed by atoms with van der Waals surface area (Å²) in [7, 11) is -1.72. The zero-order valence-corrected chi connectivity index (χ0v) is 12.1. The van der Waals surface area contributed by atoms with Gasteiger partial charge in [-0.05, 0) is 52.6 Å². The van der Waals surface area contributed by atoms with E-state index < -0.39 is 15.7 Å².